The van der Waals surface area contributed by atoms with Crippen LogP contribution in [0.5, 0.6) is 0 Å². The van der Waals surface area contributed by atoms with E-state index in [1.807, 2.05) is 43.4 Å². The Labute approximate surface area is 124 Å². The Kier molecular flexibility index (Phi) is 3.75. The molecule has 1 saturated heterocycles. The van der Waals surface area contributed by atoms with Gasteiger partial charge in [-0.25, -0.2) is 9.97 Å². The zero-order valence-corrected chi connectivity index (χ0v) is 12.4. The number of nitrogens with zero attached hydrogens (tertiary/aromatic N) is 3. The van der Waals surface area contributed by atoms with Crippen LogP contribution in [0.25, 0.3) is 11.4 Å². The highest BCUT2D eigenvalue weighted by Crippen LogP contribution is 2.26. The lowest BCUT2D eigenvalue weighted by molar-refractivity contribution is 0.118. The maximum absolute atomic E-state index is 5.96. The Hall–Kier alpha value is -2.14. The van der Waals surface area contributed by atoms with E-state index in [4.69, 9.17) is 10.5 Å². The van der Waals surface area contributed by atoms with Gasteiger partial charge in [-0.05, 0) is 13.3 Å². The van der Waals surface area contributed by atoms with Gasteiger partial charge in [0.1, 0.15) is 11.6 Å². The molecule has 2 unspecified atom stereocenters. The van der Waals surface area contributed by atoms with E-state index in [0.29, 0.717) is 17.7 Å². The Balaban J connectivity index is 1.94. The van der Waals surface area contributed by atoms with Crippen LogP contribution in [-0.4, -0.2) is 35.8 Å². The molecule has 2 aromatic rings. The molecule has 0 spiro atoms. The summed E-state index contributed by atoms with van der Waals surface area (Å²) in [6, 6.07) is 12.0. The van der Waals surface area contributed by atoms with Crippen LogP contribution in [0.4, 0.5) is 11.6 Å². The van der Waals surface area contributed by atoms with Gasteiger partial charge in [-0.2, -0.15) is 0 Å². The molecule has 3 rings (SSSR count). The van der Waals surface area contributed by atoms with Crippen molar-refractivity contribution >= 4 is 11.6 Å². The molecule has 2 N–H and O–H groups in total. The molecule has 5 nitrogen and oxygen atoms in total. The lowest BCUT2D eigenvalue weighted by Gasteiger charge is -2.28. The monoisotopic (exact) mass is 284 g/mol. The SMILES string of the molecule is CC1OCCC1N(C)c1cc(N)nc(-c2ccccc2)n1. The summed E-state index contributed by atoms with van der Waals surface area (Å²) in [6.07, 6.45) is 1.20. The average Bonchev–Trinajstić information content (AvgIpc) is 2.93. The molecule has 5 heteroatoms. The molecule has 1 aliphatic heterocycles. The van der Waals surface area contributed by atoms with Crippen molar-refractivity contribution in [1.29, 1.82) is 0 Å². The number of benzene rings is 1. The van der Waals surface area contributed by atoms with Gasteiger partial charge in [0.25, 0.3) is 0 Å². The van der Waals surface area contributed by atoms with Crippen molar-refractivity contribution in [2.75, 3.05) is 24.3 Å². The van der Waals surface area contributed by atoms with Gasteiger partial charge in [-0.15, -0.1) is 0 Å². The van der Waals surface area contributed by atoms with Gasteiger partial charge >= 0.3 is 0 Å². The summed E-state index contributed by atoms with van der Waals surface area (Å²) < 4.78 is 5.64. The maximum Gasteiger partial charge on any atom is 0.163 e. The fourth-order valence-corrected chi connectivity index (χ4v) is 2.75. The molecule has 1 aromatic carbocycles. The highest BCUT2D eigenvalue weighted by molar-refractivity contribution is 5.60. The first-order valence-corrected chi connectivity index (χ1v) is 7.19. The number of likely N-dealkylation sites (N-methyl/N-ethyl adjacent to an activating group) is 1. The summed E-state index contributed by atoms with van der Waals surface area (Å²) in [7, 11) is 2.03. The van der Waals surface area contributed by atoms with Crippen molar-refractivity contribution in [3.63, 3.8) is 0 Å². The number of hydrogen-bond acceptors (Lipinski definition) is 5. The minimum absolute atomic E-state index is 0.200. The van der Waals surface area contributed by atoms with Crippen molar-refractivity contribution < 1.29 is 4.74 Å². The maximum atomic E-state index is 5.96. The van der Waals surface area contributed by atoms with Crippen LogP contribution in [0.2, 0.25) is 0 Å². The van der Waals surface area contributed by atoms with Crippen LogP contribution in [0.3, 0.4) is 0 Å². The van der Waals surface area contributed by atoms with E-state index in [9.17, 15) is 0 Å². The number of anilines is 2. The van der Waals surface area contributed by atoms with Gasteiger partial charge in [0.15, 0.2) is 5.82 Å². The number of nitrogen functional groups attached to an aromatic ring is 1. The number of ether oxygens (including phenoxy) is 1. The van der Waals surface area contributed by atoms with Gasteiger partial charge < -0.3 is 15.4 Å². The Morgan fingerprint density at radius 2 is 2.00 bits per heavy atom. The van der Waals surface area contributed by atoms with Crippen molar-refractivity contribution in [3.05, 3.63) is 36.4 Å². The summed E-state index contributed by atoms with van der Waals surface area (Å²) in [4.78, 5) is 11.1. The Morgan fingerprint density at radius 1 is 1.24 bits per heavy atom. The molecule has 21 heavy (non-hydrogen) atoms. The summed E-state index contributed by atoms with van der Waals surface area (Å²) in [5, 5.41) is 0. The van der Waals surface area contributed by atoms with E-state index in [0.717, 1.165) is 24.4 Å². The van der Waals surface area contributed by atoms with Crippen LogP contribution in [0, 0.1) is 0 Å². The third kappa shape index (κ3) is 2.83. The smallest absolute Gasteiger partial charge is 0.163 e. The first-order valence-electron chi connectivity index (χ1n) is 7.19. The number of aromatic nitrogens is 2. The van der Waals surface area contributed by atoms with Crippen LogP contribution >= 0.6 is 0 Å². The molecule has 0 bridgehead atoms. The zero-order valence-electron chi connectivity index (χ0n) is 12.4. The fraction of sp³-hybridized carbons (Fsp3) is 0.375. The molecule has 1 aromatic heterocycles. The third-order valence-electron chi connectivity index (χ3n) is 3.96. The Morgan fingerprint density at radius 3 is 2.67 bits per heavy atom. The van der Waals surface area contributed by atoms with Gasteiger partial charge in [0, 0.05) is 25.3 Å². The lowest BCUT2D eigenvalue weighted by atomic mass is 10.1. The highest BCUT2D eigenvalue weighted by atomic mass is 16.5. The van der Waals surface area contributed by atoms with E-state index in [2.05, 4.69) is 21.8 Å². The molecule has 110 valence electrons. The van der Waals surface area contributed by atoms with E-state index in [-0.39, 0.29) is 6.10 Å². The molecule has 1 fully saturated rings. The Bertz CT molecular complexity index is 617. The average molecular weight is 284 g/mol. The van der Waals surface area contributed by atoms with Gasteiger partial charge in [0.05, 0.1) is 12.1 Å². The first-order chi connectivity index (χ1) is 10.1. The first kappa shape index (κ1) is 13.8. The second-order valence-electron chi connectivity index (χ2n) is 5.38. The predicted molar refractivity (Wildman–Crippen MR) is 84.1 cm³/mol. The normalized spacial score (nSPS) is 21.4. The minimum atomic E-state index is 0.200. The third-order valence-corrected chi connectivity index (χ3v) is 3.96. The van der Waals surface area contributed by atoms with Crippen molar-refractivity contribution in [2.24, 2.45) is 0 Å². The largest absolute Gasteiger partial charge is 0.384 e. The molecular weight excluding hydrogens is 264 g/mol. The summed E-state index contributed by atoms with van der Waals surface area (Å²) in [6.45, 7) is 2.89. The van der Waals surface area contributed by atoms with E-state index < -0.39 is 0 Å². The second kappa shape index (κ2) is 5.69. The molecule has 0 radical (unpaired) electrons. The van der Waals surface area contributed by atoms with E-state index >= 15 is 0 Å². The topological polar surface area (TPSA) is 64.3 Å². The van der Waals surface area contributed by atoms with E-state index in [1.54, 1.807) is 0 Å². The summed E-state index contributed by atoms with van der Waals surface area (Å²) in [5.41, 5.74) is 6.93. The van der Waals surface area contributed by atoms with Crippen LogP contribution < -0.4 is 10.6 Å². The predicted octanol–water partition coefficient (Wildman–Crippen LogP) is 2.34. The second-order valence-corrected chi connectivity index (χ2v) is 5.38. The van der Waals surface area contributed by atoms with Gasteiger partial charge in [-0.1, -0.05) is 30.3 Å². The van der Waals surface area contributed by atoms with Gasteiger partial charge in [0.2, 0.25) is 0 Å². The van der Waals surface area contributed by atoms with Crippen LogP contribution in [0.1, 0.15) is 13.3 Å². The summed E-state index contributed by atoms with van der Waals surface area (Å²) in [5.74, 6) is 1.98. The van der Waals surface area contributed by atoms with Gasteiger partial charge in [-0.3, -0.25) is 0 Å². The van der Waals surface area contributed by atoms with Crippen molar-refractivity contribution in [1.82, 2.24) is 9.97 Å². The van der Waals surface area contributed by atoms with Crippen LogP contribution in [-0.2, 0) is 4.74 Å². The highest BCUT2D eigenvalue weighted by Gasteiger charge is 2.29. The molecule has 1 aliphatic rings. The van der Waals surface area contributed by atoms with Crippen molar-refractivity contribution in [2.45, 2.75) is 25.5 Å². The van der Waals surface area contributed by atoms with Crippen molar-refractivity contribution in [3.8, 4) is 11.4 Å². The minimum Gasteiger partial charge on any atom is -0.384 e. The summed E-state index contributed by atoms with van der Waals surface area (Å²) >= 11 is 0. The molecule has 2 heterocycles. The number of hydrogen-bond donors (Lipinski definition) is 1. The fourth-order valence-electron chi connectivity index (χ4n) is 2.75. The van der Waals surface area contributed by atoms with E-state index in [1.165, 1.54) is 0 Å². The molecule has 0 aliphatic carbocycles. The zero-order chi connectivity index (χ0) is 14.8. The molecule has 0 amide bonds. The molecule has 0 saturated carbocycles. The molecule has 2 atom stereocenters. The quantitative estimate of drug-likeness (QED) is 0.937. The van der Waals surface area contributed by atoms with Crippen LogP contribution in [0.15, 0.2) is 36.4 Å². The number of rotatable bonds is 3. The lowest BCUT2D eigenvalue weighted by Crippen LogP contribution is -2.37. The standard InChI is InChI=1S/C16H20N4O/c1-11-13(8-9-21-11)20(2)15-10-14(17)18-16(19-15)12-6-4-3-5-7-12/h3-7,10-11,13H,8-9H2,1-2H3,(H2,17,18,19). The number of nitrogens with two attached hydrogens (primary N) is 1. The molecular formula is C16H20N4O.